The molecule has 146 valence electrons. The smallest absolute Gasteiger partial charge is 0.262 e. The normalized spacial score (nSPS) is 11.5. The highest BCUT2D eigenvalue weighted by Gasteiger charge is 2.17. The second-order valence-electron chi connectivity index (χ2n) is 6.16. The SMILES string of the molecule is Cc1cc(S(=O)(=O)NC(C)C)ccc1OCC(=O)Nc1ccc(Br)cc1F. The minimum absolute atomic E-state index is 0.0460. The summed E-state index contributed by atoms with van der Waals surface area (Å²) in [6, 6.07) is 8.40. The maximum atomic E-state index is 13.7. The molecule has 2 N–H and O–H groups in total. The average Bonchev–Trinajstić information content (AvgIpc) is 2.55. The van der Waals surface area contributed by atoms with E-state index in [9.17, 15) is 17.6 Å². The van der Waals surface area contributed by atoms with Gasteiger partial charge in [0.25, 0.3) is 5.91 Å². The van der Waals surface area contributed by atoms with Gasteiger partial charge in [-0.2, -0.15) is 0 Å². The number of nitrogens with one attached hydrogen (secondary N) is 2. The van der Waals surface area contributed by atoms with E-state index in [0.29, 0.717) is 15.8 Å². The van der Waals surface area contributed by atoms with Gasteiger partial charge in [0.05, 0.1) is 10.6 Å². The Morgan fingerprint density at radius 2 is 1.93 bits per heavy atom. The maximum absolute atomic E-state index is 13.7. The molecule has 0 heterocycles. The third-order valence-electron chi connectivity index (χ3n) is 3.41. The van der Waals surface area contributed by atoms with Crippen molar-refractivity contribution in [2.45, 2.75) is 31.7 Å². The van der Waals surface area contributed by atoms with Crippen LogP contribution in [0.3, 0.4) is 0 Å². The molecule has 0 unspecified atom stereocenters. The van der Waals surface area contributed by atoms with E-state index >= 15 is 0 Å². The zero-order valence-corrected chi connectivity index (χ0v) is 17.4. The van der Waals surface area contributed by atoms with Crippen molar-refractivity contribution in [1.82, 2.24) is 4.72 Å². The lowest BCUT2D eigenvalue weighted by Crippen LogP contribution is -2.30. The van der Waals surface area contributed by atoms with Gasteiger partial charge in [-0.25, -0.2) is 17.5 Å². The van der Waals surface area contributed by atoms with Crippen LogP contribution in [0.1, 0.15) is 19.4 Å². The van der Waals surface area contributed by atoms with Crippen molar-refractivity contribution in [3.63, 3.8) is 0 Å². The van der Waals surface area contributed by atoms with Crippen molar-refractivity contribution in [3.8, 4) is 5.75 Å². The van der Waals surface area contributed by atoms with Crippen LogP contribution in [-0.4, -0.2) is 27.0 Å². The van der Waals surface area contributed by atoms with Gasteiger partial charge in [0, 0.05) is 10.5 Å². The van der Waals surface area contributed by atoms with E-state index in [1.165, 1.54) is 30.3 Å². The predicted molar refractivity (Wildman–Crippen MR) is 105 cm³/mol. The molecule has 6 nitrogen and oxygen atoms in total. The second kappa shape index (κ2) is 8.81. The standard InChI is InChI=1S/C18H20BrFN2O4S/c1-11(2)22-27(24,25)14-5-7-17(12(3)8-14)26-10-18(23)21-16-6-4-13(19)9-15(16)20/h4-9,11,22H,10H2,1-3H3,(H,21,23). The third kappa shape index (κ3) is 6.02. The Kier molecular flexibility index (Phi) is 6.96. The number of sulfonamides is 1. The van der Waals surface area contributed by atoms with Crippen molar-refractivity contribution >= 4 is 37.5 Å². The molecule has 0 aliphatic rings. The zero-order valence-electron chi connectivity index (χ0n) is 15.0. The largest absolute Gasteiger partial charge is 0.483 e. The first-order valence-electron chi connectivity index (χ1n) is 8.09. The number of anilines is 1. The van der Waals surface area contributed by atoms with Crippen LogP contribution < -0.4 is 14.8 Å². The Hall–Kier alpha value is -1.97. The van der Waals surface area contributed by atoms with Gasteiger partial charge in [0.15, 0.2) is 6.61 Å². The molecule has 9 heteroatoms. The lowest BCUT2D eigenvalue weighted by Gasteiger charge is -2.13. The molecule has 1 amide bonds. The Labute approximate surface area is 166 Å². The molecule has 0 aliphatic heterocycles. The number of aryl methyl sites for hydroxylation is 1. The van der Waals surface area contributed by atoms with Gasteiger partial charge in [-0.15, -0.1) is 0 Å². The van der Waals surface area contributed by atoms with Gasteiger partial charge in [-0.3, -0.25) is 4.79 Å². The van der Waals surface area contributed by atoms with E-state index < -0.39 is 21.7 Å². The summed E-state index contributed by atoms with van der Waals surface area (Å²) in [6.45, 7) is 4.80. The van der Waals surface area contributed by atoms with Crippen LogP contribution in [-0.2, 0) is 14.8 Å². The van der Waals surface area contributed by atoms with Crippen LogP contribution in [0.2, 0.25) is 0 Å². The topological polar surface area (TPSA) is 84.5 Å². The number of rotatable bonds is 7. The monoisotopic (exact) mass is 458 g/mol. The molecule has 0 aliphatic carbocycles. The summed E-state index contributed by atoms with van der Waals surface area (Å²) in [4.78, 5) is 12.1. The van der Waals surface area contributed by atoms with Gasteiger partial charge < -0.3 is 10.1 Å². The number of halogens is 2. The minimum Gasteiger partial charge on any atom is -0.483 e. The molecule has 0 fully saturated rings. The van der Waals surface area contributed by atoms with Crippen LogP contribution in [0.4, 0.5) is 10.1 Å². The van der Waals surface area contributed by atoms with Crippen LogP contribution in [0.5, 0.6) is 5.75 Å². The van der Waals surface area contributed by atoms with Gasteiger partial charge in [-0.1, -0.05) is 15.9 Å². The minimum atomic E-state index is -3.61. The van der Waals surface area contributed by atoms with Gasteiger partial charge in [0.2, 0.25) is 10.0 Å². The lowest BCUT2D eigenvalue weighted by molar-refractivity contribution is -0.118. The molecule has 0 bridgehead atoms. The van der Waals surface area contributed by atoms with E-state index in [-0.39, 0.29) is 23.2 Å². The van der Waals surface area contributed by atoms with E-state index in [1.54, 1.807) is 26.8 Å². The van der Waals surface area contributed by atoms with Crippen molar-refractivity contribution in [3.05, 3.63) is 52.3 Å². The number of hydrogen-bond acceptors (Lipinski definition) is 4. The highest BCUT2D eigenvalue weighted by atomic mass is 79.9. The molecule has 2 rings (SSSR count). The number of benzene rings is 2. The summed E-state index contributed by atoms with van der Waals surface area (Å²) in [5.41, 5.74) is 0.606. The molecule has 0 saturated heterocycles. The number of carbonyl (C=O) groups is 1. The van der Waals surface area contributed by atoms with Crippen LogP contribution in [0.25, 0.3) is 0 Å². The fourth-order valence-corrected chi connectivity index (χ4v) is 3.92. The van der Waals surface area contributed by atoms with Crippen LogP contribution in [0.15, 0.2) is 45.8 Å². The van der Waals surface area contributed by atoms with E-state index in [0.717, 1.165) is 0 Å². The van der Waals surface area contributed by atoms with Crippen molar-refractivity contribution < 1.29 is 22.3 Å². The zero-order chi connectivity index (χ0) is 20.2. The summed E-state index contributed by atoms with van der Waals surface area (Å²) in [7, 11) is -3.61. The highest BCUT2D eigenvalue weighted by Crippen LogP contribution is 2.23. The highest BCUT2D eigenvalue weighted by molar-refractivity contribution is 9.10. The third-order valence-corrected chi connectivity index (χ3v) is 5.56. The summed E-state index contributed by atoms with van der Waals surface area (Å²) < 4.78 is 46.6. The average molecular weight is 459 g/mol. The summed E-state index contributed by atoms with van der Waals surface area (Å²) in [6.07, 6.45) is 0. The molecule has 2 aromatic carbocycles. The molecular formula is C18H20BrFN2O4S. The molecular weight excluding hydrogens is 439 g/mol. The Balaban J connectivity index is 2.02. The van der Waals surface area contributed by atoms with Gasteiger partial charge in [-0.05, 0) is 62.7 Å². The molecule has 0 aromatic heterocycles. The molecule has 2 aromatic rings. The quantitative estimate of drug-likeness (QED) is 0.663. The summed E-state index contributed by atoms with van der Waals surface area (Å²) in [5, 5.41) is 2.42. The van der Waals surface area contributed by atoms with Crippen molar-refractivity contribution in [2.75, 3.05) is 11.9 Å². The molecule has 0 saturated carbocycles. The summed E-state index contributed by atoms with van der Waals surface area (Å²) in [5.74, 6) is -0.736. The lowest BCUT2D eigenvalue weighted by atomic mass is 10.2. The fraction of sp³-hybridized carbons (Fsp3) is 0.278. The van der Waals surface area contributed by atoms with Crippen molar-refractivity contribution in [2.24, 2.45) is 0 Å². The maximum Gasteiger partial charge on any atom is 0.262 e. The van der Waals surface area contributed by atoms with E-state index in [4.69, 9.17) is 4.74 Å². The Morgan fingerprint density at radius 3 is 2.52 bits per heavy atom. The predicted octanol–water partition coefficient (Wildman–Crippen LogP) is 3.60. The number of hydrogen-bond donors (Lipinski definition) is 2. The van der Waals surface area contributed by atoms with Gasteiger partial charge in [0.1, 0.15) is 11.6 Å². The molecule has 0 atom stereocenters. The van der Waals surface area contributed by atoms with E-state index in [2.05, 4.69) is 26.0 Å². The molecule has 27 heavy (non-hydrogen) atoms. The first-order valence-corrected chi connectivity index (χ1v) is 10.4. The van der Waals surface area contributed by atoms with E-state index in [1.807, 2.05) is 0 Å². The molecule has 0 radical (unpaired) electrons. The first-order chi connectivity index (χ1) is 12.6. The Morgan fingerprint density at radius 1 is 1.22 bits per heavy atom. The summed E-state index contributed by atoms with van der Waals surface area (Å²) >= 11 is 3.14. The molecule has 0 spiro atoms. The van der Waals surface area contributed by atoms with Crippen LogP contribution >= 0.6 is 15.9 Å². The fourth-order valence-electron chi connectivity index (χ4n) is 2.25. The Bertz CT molecular complexity index is 948. The number of amides is 1. The number of carbonyl (C=O) groups excluding carboxylic acids is 1. The van der Waals surface area contributed by atoms with Crippen LogP contribution in [0, 0.1) is 12.7 Å². The van der Waals surface area contributed by atoms with Crippen molar-refractivity contribution in [1.29, 1.82) is 0 Å². The second-order valence-corrected chi connectivity index (χ2v) is 8.79. The number of ether oxygens (including phenoxy) is 1. The first kappa shape index (κ1) is 21.3. The van der Waals surface area contributed by atoms with Gasteiger partial charge >= 0.3 is 0 Å².